The van der Waals surface area contributed by atoms with Gasteiger partial charge in [0.2, 0.25) is 5.91 Å². The normalized spacial score (nSPS) is 17.2. The Morgan fingerprint density at radius 1 is 1.04 bits per heavy atom. The van der Waals surface area contributed by atoms with E-state index in [9.17, 15) is 24.3 Å². The van der Waals surface area contributed by atoms with E-state index in [1.165, 1.54) is 16.7 Å². The van der Waals surface area contributed by atoms with Crippen molar-refractivity contribution in [3.8, 4) is 16.8 Å². The lowest BCUT2D eigenvalue weighted by Crippen LogP contribution is -2.70. The van der Waals surface area contributed by atoms with Crippen LogP contribution < -0.4 is 5.32 Å². The highest BCUT2D eigenvalue weighted by atomic mass is 32.2. The molecule has 2 aromatic heterocycles. The number of aliphatic carboxylic acids is 1. The average Bonchev–Trinajstić information content (AvgIpc) is 3.78. The van der Waals surface area contributed by atoms with Crippen LogP contribution in [0.1, 0.15) is 41.4 Å². The molecule has 2 atom stereocenters. The molecular formula is C37H33N5O6S. The molecule has 0 spiro atoms. The summed E-state index contributed by atoms with van der Waals surface area (Å²) in [5, 5.41) is 17.5. The van der Waals surface area contributed by atoms with Crippen LogP contribution in [0.25, 0.3) is 27.7 Å². The Hall–Kier alpha value is -5.62. The van der Waals surface area contributed by atoms with E-state index in [2.05, 4.69) is 29.2 Å². The van der Waals surface area contributed by atoms with E-state index < -0.39 is 29.3 Å². The van der Waals surface area contributed by atoms with Crippen LogP contribution in [0.5, 0.6) is 0 Å². The summed E-state index contributed by atoms with van der Waals surface area (Å²) < 4.78 is 7.54. The number of hydrogen-bond acceptors (Lipinski definition) is 7. The van der Waals surface area contributed by atoms with Gasteiger partial charge in [-0.3, -0.25) is 14.5 Å². The van der Waals surface area contributed by atoms with Crippen molar-refractivity contribution >= 4 is 46.4 Å². The Bertz CT molecular complexity index is 2100. The fourth-order valence-electron chi connectivity index (χ4n) is 6.40. The highest BCUT2D eigenvalue weighted by Gasteiger charge is 2.54. The zero-order chi connectivity index (χ0) is 34.2. The van der Waals surface area contributed by atoms with Gasteiger partial charge in [-0.25, -0.2) is 14.3 Å². The van der Waals surface area contributed by atoms with Crippen molar-refractivity contribution in [2.75, 3.05) is 12.4 Å². The maximum absolute atomic E-state index is 13.8. The van der Waals surface area contributed by atoms with Gasteiger partial charge in [-0.1, -0.05) is 74.5 Å². The third-order valence-electron chi connectivity index (χ3n) is 8.77. The van der Waals surface area contributed by atoms with Gasteiger partial charge in [0.25, 0.3) is 5.91 Å². The molecule has 4 heterocycles. The van der Waals surface area contributed by atoms with Crippen LogP contribution in [-0.2, 0) is 25.5 Å². The highest BCUT2D eigenvalue weighted by Crippen LogP contribution is 2.41. The maximum atomic E-state index is 13.8. The van der Waals surface area contributed by atoms with Gasteiger partial charge in [-0.05, 0) is 40.8 Å². The molecule has 11 nitrogen and oxygen atoms in total. The third kappa shape index (κ3) is 5.99. The standard InChI is InChI=1S/C37H33N5O6S/c1-21(2)26-10-6-11-27-29(23-12-14-25(15-13-23)41-17-7-16-38-41)31(40-30(26)27)37(47)48-19-24-20-49-35-32(34(44)42(35)33(24)36(45)46)39-28(43)18-22-8-4-3-5-9-22/h3-17,21,32,35,40H,18-20H2,1-2H3,(H,39,43)(H,45,46). The number of ether oxygens (including phenoxy) is 1. The Kier molecular flexibility index (Phi) is 8.55. The van der Waals surface area contributed by atoms with Crippen molar-refractivity contribution in [1.29, 1.82) is 0 Å². The molecule has 1 fully saturated rings. The third-order valence-corrected chi connectivity index (χ3v) is 10.1. The first-order chi connectivity index (χ1) is 23.7. The monoisotopic (exact) mass is 675 g/mol. The number of nitrogens with one attached hydrogen (secondary N) is 2. The van der Waals surface area contributed by atoms with Crippen molar-refractivity contribution in [2.45, 2.75) is 37.6 Å². The van der Waals surface area contributed by atoms with Crippen LogP contribution in [-0.4, -0.2) is 72.3 Å². The summed E-state index contributed by atoms with van der Waals surface area (Å²) in [5.74, 6) is -2.40. The van der Waals surface area contributed by atoms with Crippen molar-refractivity contribution < 1.29 is 29.0 Å². The smallest absolute Gasteiger partial charge is 0.355 e. The van der Waals surface area contributed by atoms with Crippen LogP contribution in [0, 0.1) is 0 Å². The first-order valence-electron chi connectivity index (χ1n) is 15.9. The topological polar surface area (TPSA) is 147 Å². The van der Waals surface area contributed by atoms with E-state index in [-0.39, 0.29) is 42.0 Å². The Morgan fingerprint density at radius 2 is 1.82 bits per heavy atom. The lowest BCUT2D eigenvalue weighted by molar-refractivity contribution is -0.150. The first kappa shape index (κ1) is 32.0. The number of carboxylic acid groups (broad SMARTS) is 1. The molecule has 3 N–H and O–H groups in total. The van der Waals surface area contributed by atoms with Gasteiger partial charge in [0.05, 0.1) is 17.6 Å². The predicted octanol–water partition coefficient (Wildman–Crippen LogP) is 5.28. The summed E-state index contributed by atoms with van der Waals surface area (Å²) in [7, 11) is 0. The molecule has 49 heavy (non-hydrogen) atoms. The molecule has 7 rings (SSSR count). The number of H-pyrrole nitrogens is 1. The number of β-lactam (4-membered cyclic amide) rings is 1. The Morgan fingerprint density at radius 3 is 2.51 bits per heavy atom. The van der Waals surface area contributed by atoms with Crippen molar-refractivity contribution in [3.05, 3.63) is 119 Å². The molecule has 0 bridgehead atoms. The van der Waals surface area contributed by atoms with Crippen molar-refractivity contribution in [3.63, 3.8) is 0 Å². The van der Waals surface area contributed by atoms with Gasteiger partial charge in [0.1, 0.15) is 29.4 Å². The zero-order valence-corrected chi connectivity index (χ0v) is 27.6. The minimum Gasteiger partial charge on any atom is -0.477 e. The number of thioether (sulfide) groups is 1. The van der Waals surface area contributed by atoms with Crippen molar-refractivity contribution in [2.24, 2.45) is 0 Å². The number of rotatable bonds is 10. The molecule has 2 amide bonds. The highest BCUT2D eigenvalue weighted by molar-refractivity contribution is 8.00. The second-order valence-corrected chi connectivity index (χ2v) is 13.4. The lowest BCUT2D eigenvalue weighted by atomic mass is 9.96. The minimum atomic E-state index is -1.30. The van der Waals surface area contributed by atoms with Gasteiger partial charge in [0, 0.05) is 34.7 Å². The molecule has 5 aromatic rings. The fraction of sp³-hybridized carbons (Fsp3) is 0.216. The van der Waals surface area contributed by atoms with Crippen LogP contribution in [0.2, 0.25) is 0 Å². The molecule has 1 saturated heterocycles. The molecule has 2 aliphatic rings. The number of aromatic amines is 1. The van der Waals surface area contributed by atoms with Crippen LogP contribution in [0.3, 0.4) is 0 Å². The van der Waals surface area contributed by atoms with Crippen molar-refractivity contribution in [1.82, 2.24) is 25.0 Å². The Labute approximate surface area is 285 Å². The first-order valence-corrected chi connectivity index (χ1v) is 16.9. The summed E-state index contributed by atoms with van der Waals surface area (Å²) in [6.07, 6.45) is 3.65. The number of carboxylic acids is 1. The SMILES string of the molecule is CC(C)c1cccc2c(-c3ccc(-n4cccn4)cc3)c(C(=O)OCC3=C(C(=O)O)N4C(=O)C(NC(=O)Cc5ccccc5)C4SC3)[nH]c12. The van der Waals surface area contributed by atoms with E-state index in [0.29, 0.717) is 11.1 Å². The average molecular weight is 676 g/mol. The maximum Gasteiger partial charge on any atom is 0.355 e. The predicted molar refractivity (Wildman–Crippen MR) is 185 cm³/mol. The number of hydrogen-bond donors (Lipinski definition) is 3. The van der Waals surface area contributed by atoms with E-state index in [0.717, 1.165) is 33.3 Å². The van der Waals surface area contributed by atoms with Gasteiger partial charge in [-0.15, -0.1) is 11.8 Å². The number of carbonyl (C=O) groups is 4. The number of esters is 1. The second-order valence-electron chi connectivity index (χ2n) is 12.2. The molecule has 2 unspecified atom stereocenters. The van der Waals surface area contributed by atoms with E-state index >= 15 is 0 Å². The number of amides is 2. The fourth-order valence-corrected chi connectivity index (χ4v) is 7.73. The summed E-state index contributed by atoms with van der Waals surface area (Å²) in [4.78, 5) is 56.6. The van der Waals surface area contributed by atoms with Gasteiger partial charge < -0.3 is 20.1 Å². The number of benzene rings is 3. The number of para-hydroxylation sites is 1. The minimum absolute atomic E-state index is 0.105. The molecule has 248 valence electrons. The summed E-state index contributed by atoms with van der Waals surface area (Å²) in [6.45, 7) is 3.84. The Balaban J connectivity index is 1.13. The number of carbonyl (C=O) groups excluding carboxylic acids is 3. The number of aromatic nitrogens is 3. The van der Waals surface area contributed by atoms with Crippen LogP contribution in [0.15, 0.2) is 103 Å². The molecule has 12 heteroatoms. The van der Waals surface area contributed by atoms with E-state index in [1.54, 1.807) is 10.9 Å². The molecule has 3 aromatic carbocycles. The van der Waals surface area contributed by atoms with Gasteiger partial charge >= 0.3 is 11.9 Å². The number of fused-ring (bicyclic) bond motifs is 2. The summed E-state index contributed by atoms with van der Waals surface area (Å²) >= 11 is 1.32. The van der Waals surface area contributed by atoms with Crippen LogP contribution in [0.4, 0.5) is 0 Å². The van der Waals surface area contributed by atoms with Gasteiger partial charge in [0.15, 0.2) is 0 Å². The molecular weight excluding hydrogens is 643 g/mol. The molecule has 0 radical (unpaired) electrons. The lowest BCUT2D eigenvalue weighted by Gasteiger charge is -2.49. The molecule has 0 aliphatic carbocycles. The second kappa shape index (κ2) is 13.1. The molecule has 2 aliphatic heterocycles. The van der Waals surface area contributed by atoms with E-state index in [4.69, 9.17) is 4.74 Å². The molecule has 0 saturated carbocycles. The zero-order valence-electron chi connectivity index (χ0n) is 26.8. The quantitative estimate of drug-likeness (QED) is 0.134. The van der Waals surface area contributed by atoms with Crippen LogP contribution >= 0.6 is 11.8 Å². The van der Waals surface area contributed by atoms with Gasteiger partial charge in [-0.2, -0.15) is 5.10 Å². The largest absolute Gasteiger partial charge is 0.477 e. The van der Waals surface area contributed by atoms with E-state index in [1.807, 2.05) is 85.1 Å². The number of nitrogens with zero attached hydrogens (tertiary/aromatic N) is 3. The summed E-state index contributed by atoms with van der Waals surface area (Å²) in [5.41, 5.74) is 5.32. The summed E-state index contributed by atoms with van der Waals surface area (Å²) in [6, 6.07) is 23.8.